The largest absolute Gasteiger partial charge is 0.345 e. The van der Waals surface area contributed by atoms with Crippen LogP contribution in [0.25, 0.3) is 11.1 Å². The van der Waals surface area contributed by atoms with Crippen LogP contribution in [0.1, 0.15) is 36.7 Å². The molecule has 3 aromatic rings. The van der Waals surface area contributed by atoms with Gasteiger partial charge in [-0.05, 0) is 41.7 Å². The molecule has 0 heterocycles. The molecular weight excluding hydrogens is 466 g/mol. The van der Waals surface area contributed by atoms with Crippen LogP contribution in [0.3, 0.4) is 0 Å². The summed E-state index contributed by atoms with van der Waals surface area (Å²) < 4.78 is 0. The molecule has 3 N–H and O–H groups in total. The molecule has 0 saturated carbocycles. The van der Waals surface area contributed by atoms with E-state index in [1.54, 1.807) is 19.1 Å². The van der Waals surface area contributed by atoms with Crippen LogP contribution in [0.4, 0.5) is 0 Å². The summed E-state index contributed by atoms with van der Waals surface area (Å²) in [5, 5.41) is 8.13. The van der Waals surface area contributed by atoms with Gasteiger partial charge in [0.2, 0.25) is 11.8 Å². The van der Waals surface area contributed by atoms with E-state index in [1.165, 1.54) is 0 Å². The maximum atomic E-state index is 13.2. The van der Waals surface area contributed by atoms with Gasteiger partial charge in [0.25, 0.3) is 5.91 Å². The lowest BCUT2D eigenvalue weighted by Crippen LogP contribution is -2.55. The van der Waals surface area contributed by atoms with Crippen molar-refractivity contribution in [2.24, 2.45) is 5.92 Å². The quantitative estimate of drug-likeness (QED) is 0.351. The van der Waals surface area contributed by atoms with Gasteiger partial charge in [-0.3, -0.25) is 14.4 Å². The van der Waals surface area contributed by atoms with E-state index in [2.05, 4.69) is 16.0 Å². The Morgan fingerprint density at radius 3 is 1.84 bits per heavy atom. The number of amides is 3. The second-order valence-corrected chi connectivity index (χ2v) is 9.30. The van der Waals surface area contributed by atoms with Crippen LogP contribution in [0, 0.1) is 5.92 Å². The van der Waals surface area contributed by atoms with Crippen molar-refractivity contribution in [1.82, 2.24) is 16.0 Å². The van der Waals surface area contributed by atoms with Gasteiger partial charge < -0.3 is 20.7 Å². The SMILES string of the molecule is CC(NC(=O)C(Cc1ccccc1)NC(=O)c1ccc(-c2ccccc2)cc1)C(=O)NC(C=O)C(C)C. The average molecular weight is 500 g/mol. The lowest BCUT2D eigenvalue weighted by molar-refractivity contribution is -0.130. The Balaban J connectivity index is 1.72. The van der Waals surface area contributed by atoms with Gasteiger partial charge in [-0.25, -0.2) is 0 Å². The van der Waals surface area contributed by atoms with Gasteiger partial charge in [-0.1, -0.05) is 86.6 Å². The zero-order valence-electron chi connectivity index (χ0n) is 21.3. The van der Waals surface area contributed by atoms with E-state index < -0.39 is 35.8 Å². The van der Waals surface area contributed by atoms with E-state index in [1.807, 2.05) is 86.6 Å². The first-order chi connectivity index (χ1) is 17.8. The van der Waals surface area contributed by atoms with Crippen molar-refractivity contribution in [3.63, 3.8) is 0 Å². The fourth-order valence-corrected chi connectivity index (χ4v) is 3.77. The molecule has 0 spiro atoms. The molecule has 3 unspecified atom stereocenters. The molecule has 0 aliphatic carbocycles. The summed E-state index contributed by atoms with van der Waals surface area (Å²) in [7, 11) is 0. The van der Waals surface area contributed by atoms with Crippen LogP contribution >= 0.6 is 0 Å². The summed E-state index contributed by atoms with van der Waals surface area (Å²) in [6.07, 6.45) is 0.927. The summed E-state index contributed by atoms with van der Waals surface area (Å²) in [6.45, 7) is 5.18. The van der Waals surface area contributed by atoms with Crippen LogP contribution in [0.5, 0.6) is 0 Å². The van der Waals surface area contributed by atoms with Gasteiger partial charge in [0.15, 0.2) is 0 Å². The zero-order valence-corrected chi connectivity index (χ0v) is 21.3. The van der Waals surface area contributed by atoms with Crippen LogP contribution < -0.4 is 16.0 Å². The molecule has 7 nitrogen and oxygen atoms in total. The van der Waals surface area contributed by atoms with Crippen molar-refractivity contribution < 1.29 is 19.2 Å². The highest BCUT2D eigenvalue weighted by Crippen LogP contribution is 2.19. The first kappa shape index (κ1) is 27.3. The van der Waals surface area contributed by atoms with Crippen molar-refractivity contribution >= 4 is 24.0 Å². The molecule has 3 amide bonds. The number of aldehydes is 1. The normalized spacial score (nSPS) is 13.2. The zero-order chi connectivity index (χ0) is 26.8. The van der Waals surface area contributed by atoms with Crippen LogP contribution in [-0.4, -0.2) is 42.1 Å². The topological polar surface area (TPSA) is 104 Å². The minimum absolute atomic E-state index is 0.0808. The van der Waals surface area contributed by atoms with E-state index in [4.69, 9.17) is 0 Å². The Bertz CT molecular complexity index is 1190. The Labute approximate surface area is 217 Å². The molecule has 0 bridgehead atoms. The number of benzene rings is 3. The summed E-state index contributed by atoms with van der Waals surface area (Å²) in [5.41, 5.74) is 3.30. The fraction of sp³-hybridized carbons (Fsp3) is 0.267. The maximum Gasteiger partial charge on any atom is 0.251 e. The minimum atomic E-state index is -0.911. The lowest BCUT2D eigenvalue weighted by Gasteiger charge is -2.23. The number of nitrogens with one attached hydrogen (secondary N) is 3. The molecule has 3 atom stereocenters. The third-order valence-electron chi connectivity index (χ3n) is 6.08. The summed E-state index contributed by atoms with van der Waals surface area (Å²) in [4.78, 5) is 50.0. The Morgan fingerprint density at radius 2 is 1.27 bits per heavy atom. The van der Waals surface area contributed by atoms with Crippen molar-refractivity contribution in [2.45, 2.75) is 45.3 Å². The smallest absolute Gasteiger partial charge is 0.251 e. The van der Waals surface area contributed by atoms with Crippen LogP contribution in [0.2, 0.25) is 0 Å². The summed E-state index contributed by atoms with van der Waals surface area (Å²) in [5.74, 6) is -1.44. The Hall–Kier alpha value is -4.26. The summed E-state index contributed by atoms with van der Waals surface area (Å²) >= 11 is 0. The van der Waals surface area contributed by atoms with Gasteiger partial charge in [-0.2, -0.15) is 0 Å². The second kappa shape index (κ2) is 13.2. The van der Waals surface area contributed by atoms with Crippen molar-refractivity contribution in [2.75, 3.05) is 0 Å². The van der Waals surface area contributed by atoms with Crippen LogP contribution in [0.15, 0.2) is 84.9 Å². The fourth-order valence-electron chi connectivity index (χ4n) is 3.77. The molecule has 0 fully saturated rings. The van der Waals surface area contributed by atoms with E-state index in [9.17, 15) is 19.2 Å². The number of rotatable bonds is 11. The molecule has 0 aliphatic rings. The van der Waals surface area contributed by atoms with Crippen molar-refractivity contribution in [1.29, 1.82) is 0 Å². The van der Waals surface area contributed by atoms with Crippen molar-refractivity contribution in [3.05, 3.63) is 96.1 Å². The molecule has 0 saturated heterocycles. The van der Waals surface area contributed by atoms with Crippen molar-refractivity contribution in [3.8, 4) is 11.1 Å². The molecule has 7 heteroatoms. The third kappa shape index (κ3) is 7.87. The number of hydrogen-bond acceptors (Lipinski definition) is 4. The number of carbonyl (C=O) groups is 4. The highest BCUT2D eigenvalue weighted by atomic mass is 16.2. The molecule has 192 valence electrons. The van der Waals surface area contributed by atoms with Gasteiger partial charge >= 0.3 is 0 Å². The number of carbonyl (C=O) groups excluding carboxylic acids is 4. The average Bonchev–Trinajstić information content (AvgIpc) is 2.92. The lowest BCUT2D eigenvalue weighted by atomic mass is 10.0. The van der Waals surface area contributed by atoms with E-state index in [0.717, 1.165) is 16.7 Å². The number of hydrogen-bond donors (Lipinski definition) is 3. The third-order valence-corrected chi connectivity index (χ3v) is 6.08. The molecule has 3 rings (SSSR count). The molecule has 0 radical (unpaired) electrons. The van der Waals surface area contributed by atoms with E-state index in [0.29, 0.717) is 11.8 Å². The highest BCUT2D eigenvalue weighted by Gasteiger charge is 2.26. The standard InChI is InChI=1S/C30H33N3O4/c1-20(2)27(19-34)33-28(35)21(3)31-30(37)26(18-22-10-6-4-7-11-22)32-29(36)25-16-14-24(15-17-25)23-12-8-5-9-13-23/h4-17,19-21,26-27H,18H2,1-3H3,(H,31,37)(H,32,36)(H,33,35). The molecule has 3 aromatic carbocycles. The predicted octanol–water partition coefficient (Wildman–Crippen LogP) is 3.54. The maximum absolute atomic E-state index is 13.2. The summed E-state index contributed by atoms with van der Waals surface area (Å²) in [6, 6.07) is 23.9. The van der Waals surface area contributed by atoms with Gasteiger partial charge in [-0.15, -0.1) is 0 Å². The monoisotopic (exact) mass is 499 g/mol. The van der Waals surface area contributed by atoms with E-state index >= 15 is 0 Å². The van der Waals surface area contributed by atoms with Gasteiger partial charge in [0.1, 0.15) is 18.4 Å². The molecule has 0 aliphatic heterocycles. The van der Waals surface area contributed by atoms with Gasteiger partial charge in [0.05, 0.1) is 6.04 Å². The second-order valence-electron chi connectivity index (χ2n) is 9.30. The van der Waals surface area contributed by atoms with Gasteiger partial charge in [0, 0.05) is 12.0 Å². The minimum Gasteiger partial charge on any atom is -0.345 e. The Morgan fingerprint density at radius 1 is 0.703 bits per heavy atom. The highest BCUT2D eigenvalue weighted by molar-refractivity contribution is 5.99. The first-order valence-electron chi connectivity index (χ1n) is 12.3. The first-order valence-corrected chi connectivity index (χ1v) is 12.3. The Kier molecular flexibility index (Phi) is 9.72. The van der Waals surface area contributed by atoms with E-state index in [-0.39, 0.29) is 12.3 Å². The molecule has 37 heavy (non-hydrogen) atoms. The molecular formula is C30H33N3O4. The predicted molar refractivity (Wildman–Crippen MR) is 144 cm³/mol. The molecule has 0 aromatic heterocycles. The van der Waals surface area contributed by atoms with Crippen LogP contribution in [-0.2, 0) is 20.8 Å².